The van der Waals surface area contributed by atoms with Crippen molar-refractivity contribution in [1.29, 1.82) is 0 Å². The second-order valence-electron chi connectivity index (χ2n) is 8.78. The maximum atomic E-state index is 14.3. The number of nitrogens with zero attached hydrogens (tertiary/aromatic N) is 1. The van der Waals surface area contributed by atoms with E-state index < -0.39 is 46.2 Å². The van der Waals surface area contributed by atoms with Crippen molar-refractivity contribution in [3.63, 3.8) is 0 Å². The van der Waals surface area contributed by atoms with Crippen LogP contribution in [0.2, 0.25) is 0 Å². The molecule has 0 saturated heterocycles. The molecule has 2 aliphatic rings. The highest BCUT2D eigenvalue weighted by molar-refractivity contribution is 6.07. The Morgan fingerprint density at radius 1 is 1.19 bits per heavy atom. The Morgan fingerprint density at radius 3 is 2.42 bits per heavy atom. The van der Waals surface area contributed by atoms with Crippen LogP contribution < -0.4 is 21.9 Å². The number of nitrogens with one attached hydrogen (secondary N) is 3. The molecular formula is C20H27F3N4O4. The zero-order valence-corrected chi connectivity index (χ0v) is 17.5. The number of hydrogen-bond donors (Lipinski definition) is 3. The number of halogens is 3. The lowest BCUT2D eigenvalue weighted by atomic mass is 9.85. The number of hydrogen-bond acceptors (Lipinski definition) is 4. The number of aromatic amines is 1. The Morgan fingerprint density at radius 2 is 1.84 bits per heavy atom. The van der Waals surface area contributed by atoms with E-state index in [9.17, 15) is 32.3 Å². The van der Waals surface area contributed by atoms with Gasteiger partial charge in [0.25, 0.3) is 11.5 Å². The third-order valence-electron chi connectivity index (χ3n) is 5.95. The highest BCUT2D eigenvalue weighted by Crippen LogP contribution is 2.45. The van der Waals surface area contributed by atoms with E-state index in [4.69, 9.17) is 0 Å². The predicted molar refractivity (Wildman–Crippen MR) is 106 cm³/mol. The SMILES string of the molecule is CC(C)Cn1c2c(c(=O)[nH]c1=O)C(NC(=O)CCC1CCCCC1)(C(F)(F)F)C(=O)N2. The molecule has 0 spiro atoms. The van der Waals surface area contributed by atoms with E-state index in [1.54, 1.807) is 13.8 Å². The van der Waals surface area contributed by atoms with Crippen molar-refractivity contribution in [2.75, 3.05) is 5.32 Å². The van der Waals surface area contributed by atoms with Crippen molar-refractivity contribution in [2.45, 2.75) is 77.1 Å². The van der Waals surface area contributed by atoms with Gasteiger partial charge in [-0.3, -0.25) is 23.9 Å². The smallest absolute Gasteiger partial charge is 0.330 e. The summed E-state index contributed by atoms with van der Waals surface area (Å²) in [5.74, 6) is -3.00. The van der Waals surface area contributed by atoms with Crippen LogP contribution in [0.3, 0.4) is 0 Å². The molecular weight excluding hydrogens is 417 g/mol. The molecule has 0 bridgehead atoms. The Bertz CT molecular complexity index is 976. The average molecular weight is 444 g/mol. The Balaban J connectivity index is 1.99. The van der Waals surface area contributed by atoms with E-state index >= 15 is 0 Å². The van der Waals surface area contributed by atoms with Crippen LogP contribution in [0.25, 0.3) is 0 Å². The summed E-state index contributed by atoms with van der Waals surface area (Å²) in [6.07, 6.45) is -0.0708. The molecule has 1 saturated carbocycles. The molecule has 1 aliphatic carbocycles. The Hall–Kier alpha value is -2.59. The molecule has 11 heteroatoms. The van der Waals surface area contributed by atoms with Crippen LogP contribution in [0.1, 0.15) is 64.4 Å². The van der Waals surface area contributed by atoms with Crippen LogP contribution in [0, 0.1) is 11.8 Å². The number of alkyl halides is 3. The Kier molecular flexibility index (Phi) is 6.33. The number of carbonyl (C=O) groups is 2. The highest BCUT2D eigenvalue weighted by atomic mass is 19.4. The fourth-order valence-electron chi connectivity index (χ4n) is 4.45. The van der Waals surface area contributed by atoms with Gasteiger partial charge in [0.05, 0.1) is 0 Å². The van der Waals surface area contributed by atoms with Gasteiger partial charge in [0.15, 0.2) is 0 Å². The molecule has 1 aromatic rings. The van der Waals surface area contributed by atoms with Crippen LogP contribution in [0.5, 0.6) is 0 Å². The van der Waals surface area contributed by atoms with Gasteiger partial charge in [-0.1, -0.05) is 46.0 Å². The second kappa shape index (κ2) is 8.51. The molecule has 3 N–H and O–H groups in total. The molecule has 31 heavy (non-hydrogen) atoms. The number of amides is 2. The number of H-pyrrole nitrogens is 1. The number of carbonyl (C=O) groups excluding carboxylic acids is 2. The minimum Gasteiger partial charge on any atom is -0.330 e. The molecule has 1 atom stereocenters. The van der Waals surface area contributed by atoms with Gasteiger partial charge in [0, 0.05) is 13.0 Å². The molecule has 1 fully saturated rings. The molecule has 1 unspecified atom stereocenters. The van der Waals surface area contributed by atoms with Gasteiger partial charge in [-0.15, -0.1) is 0 Å². The second-order valence-corrected chi connectivity index (χ2v) is 8.78. The molecule has 0 radical (unpaired) electrons. The maximum absolute atomic E-state index is 14.3. The molecule has 1 aliphatic heterocycles. The van der Waals surface area contributed by atoms with E-state index in [1.807, 2.05) is 15.6 Å². The number of aromatic nitrogens is 2. The summed E-state index contributed by atoms with van der Waals surface area (Å²) in [7, 11) is 0. The van der Waals surface area contributed by atoms with Crippen LogP contribution in [0.15, 0.2) is 9.59 Å². The minimum absolute atomic E-state index is 0.0260. The summed E-state index contributed by atoms with van der Waals surface area (Å²) in [5.41, 5.74) is -6.84. The zero-order valence-electron chi connectivity index (χ0n) is 17.5. The van der Waals surface area contributed by atoms with Crippen molar-refractivity contribution < 1.29 is 22.8 Å². The number of anilines is 1. The summed E-state index contributed by atoms with van der Waals surface area (Å²) in [5, 5.41) is 3.84. The zero-order chi connectivity index (χ0) is 23.0. The van der Waals surface area contributed by atoms with Gasteiger partial charge in [0.1, 0.15) is 11.4 Å². The van der Waals surface area contributed by atoms with Crippen LogP contribution in [-0.4, -0.2) is 27.5 Å². The van der Waals surface area contributed by atoms with Crippen LogP contribution >= 0.6 is 0 Å². The highest BCUT2D eigenvalue weighted by Gasteiger charge is 2.68. The first-order valence-corrected chi connectivity index (χ1v) is 10.5. The third-order valence-corrected chi connectivity index (χ3v) is 5.95. The van der Waals surface area contributed by atoms with Crippen LogP contribution in [-0.2, 0) is 21.7 Å². The first-order valence-electron chi connectivity index (χ1n) is 10.5. The van der Waals surface area contributed by atoms with Crippen molar-refractivity contribution in [1.82, 2.24) is 14.9 Å². The Labute approximate surface area is 176 Å². The minimum atomic E-state index is -5.30. The molecule has 0 aromatic carbocycles. The molecule has 2 amide bonds. The monoisotopic (exact) mass is 444 g/mol. The topological polar surface area (TPSA) is 113 Å². The molecule has 2 heterocycles. The van der Waals surface area contributed by atoms with E-state index in [-0.39, 0.29) is 24.8 Å². The van der Waals surface area contributed by atoms with Gasteiger partial charge in [0.2, 0.25) is 11.4 Å². The maximum Gasteiger partial charge on any atom is 0.425 e. The van der Waals surface area contributed by atoms with E-state index in [1.165, 1.54) is 0 Å². The number of fused-ring (bicyclic) bond motifs is 1. The predicted octanol–water partition coefficient (Wildman–Crippen LogP) is 2.38. The van der Waals surface area contributed by atoms with Gasteiger partial charge in [-0.05, 0) is 18.3 Å². The quantitative estimate of drug-likeness (QED) is 0.625. The van der Waals surface area contributed by atoms with Crippen molar-refractivity contribution in [3.8, 4) is 0 Å². The third kappa shape index (κ3) is 4.27. The standard InChI is InChI=1S/C20H27F3N4O4/c1-11(2)10-27-15-14(16(29)25-18(27)31)19(17(30)24-15,20(21,22)23)26-13(28)9-8-12-6-4-3-5-7-12/h11-12H,3-10H2,1-2H3,(H,24,30)(H,26,28)(H,25,29,31). The van der Waals surface area contributed by atoms with Gasteiger partial charge < -0.3 is 10.6 Å². The van der Waals surface area contributed by atoms with Crippen LogP contribution in [0.4, 0.5) is 19.0 Å². The lowest BCUT2D eigenvalue weighted by Crippen LogP contribution is -2.62. The van der Waals surface area contributed by atoms with Crippen molar-refractivity contribution in [3.05, 3.63) is 26.4 Å². The average Bonchev–Trinajstić information content (AvgIpc) is 2.97. The summed E-state index contributed by atoms with van der Waals surface area (Å²) >= 11 is 0. The van der Waals surface area contributed by atoms with E-state index in [0.29, 0.717) is 6.42 Å². The molecule has 3 rings (SSSR count). The lowest BCUT2D eigenvalue weighted by Gasteiger charge is -2.30. The first kappa shape index (κ1) is 23.1. The fourth-order valence-corrected chi connectivity index (χ4v) is 4.45. The van der Waals surface area contributed by atoms with Gasteiger partial charge >= 0.3 is 11.9 Å². The summed E-state index contributed by atoms with van der Waals surface area (Å²) in [4.78, 5) is 51.6. The van der Waals surface area contributed by atoms with Crippen molar-refractivity contribution in [2.24, 2.45) is 11.8 Å². The molecule has 8 nitrogen and oxygen atoms in total. The van der Waals surface area contributed by atoms with E-state index in [2.05, 4.69) is 0 Å². The van der Waals surface area contributed by atoms with Gasteiger partial charge in [-0.2, -0.15) is 13.2 Å². The van der Waals surface area contributed by atoms with Gasteiger partial charge in [-0.25, -0.2) is 4.79 Å². The lowest BCUT2D eigenvalue weighted by molar-refractivity contribution is -0.200. The normalized spacial score (nSPS) is 21.8. The first-order chi connectivity index (χ1) is 14.5. The largest absolute Gasteiger partial charge is 0.425 e. The summed E-state index contributed by atoms with van der Waals surface area (Å²) < 4.78 is 43.7. The molecule has 1 aromatic heterocycles. The van der Waals surface area contributed by atoms with E-state index in [0.717, 1.165) is 36.7 Å². The molecule has 172 valence electrons. The summed E-state index contributed by atoms with van der Waals surface area (Å²) in [6, 6.07) is 0. The van der Waals surface area contributed by atoms with Crippen molar-refractivity contribution >= 4 is 17.6 Å². The number of rotatable bonds is 6. The summed E-state index contributed by atoms with van der Waals surface area (Å²) in [6.45, 7) is 3.43. The fraction of sp³-hybridized carbons (Fsp3) is 0.700.